The second-order valence-corrected chi connectivity index (χ2v) is 4.30. The fraction of sp³-hybridized carbons (Fsp3) is 0.462. The first-order valence-corrected chi connectivity index (χ1v) is 5.77. The van der Waals surface area contributed by atoms with Gasteiger partial charge in [-0.15, -0.1) is 12.4 Å². The summed E-state index contributed by atoms with van der Waals surface area (Å²) < 4.78 is 41.6. The average Bonchev–Trinajstić information content (AvgIpc) is 2.34. The van der Waals surface area contributed by atoms with E-state index in [1.807, 2.05) is 0 Å². The number of hydrogen-bond acceptors (Lipinski definition) is 3. The molecule has 2 N–H and O–H groups in total. The van der Waals surface area contributed by atoms with Gasteiger partial charge in [-0.25, -0.2) is 0 Å². The second kappa shape index (κ2) is 8.11. The second-order valence-electron chi connectivity index (χ2n) is 4.30. The van der Waals surface area contributed by atoms with Gasteiger partial charge in [0.25, 0.3) is 0 Å². The van der Waals surface area contributed by atoms with E-state index in [1.54, 1.807) is 30.3 Å². The van der Waals surface area contributed by atoms with Crippen LogP contribution in [0.15, 0.2) is 30.3 Å². The number of halogens is 4. The van der Waals surface area contributed by atoms with Gasteiger partial charge in [0.1, 0.15) is 0 Å². The highest BCUT2D eigenvalue weighted by Gasteiger charge is 2.37. The van der Waals surface area contributed by atoms with E-state index in [0.29, 0.717) is 0 Å². The average molecular weight is 312 g/mol. The summed E-state index contributed by atoms with van der Waals surface area (Å²) in [4.78, 5) is 11.6. The van der Waals surface area contributed by atoms with E-state index in [4.69, 9.17) is 5.73 Å². The third-order valence-corrected chi connectivity index (χ3v) is 2.79. The van der Waals surface area contributed by atoms with Crippen molar-refractivity contribution in [1.82, 2.24) is 0 Å². The van der Waals surface area contributed by atoms with E-state index < -0.39 is 30.5 Å². The predicted molar refractivity (Wildman–Crippen MR) is 71.5 cm³/mol. The summed E-state index contributed by atoms with van der Waals surface area (Å²) in [7, 11) is 1.14. The van der Waals surface area contributed by atoms with Crippen molar-refractivity contribution in [2.75, 3.05) is 7.11 Å². The van der Waals surface area contributed by atoms with Crippen LogP contribution in [0, 0.1) is 5.92 Å². The van der Waals surface area contributed by atoms with E-state index in [-0.39, 0.29) is 18.8 Å². The van der Waals surface area contributed by atoms with Gasteiger partial charge in [-0.3, -0.25) is 4.79 Å². The summed E-state index contributed by atoms with van der Waals surface area (Å²) in [5.41, 5.74) is 6.25. The molecule has 0 aliphatic heterocycles. The highest BCUT2D eigenvalue weighted by Crippen LogP contribution is 2.25. The maximum atomic E-state index is 12.3. The number of nitrogens with two attached hydrogens (primary N) is 1. The molecule has 2 unspecified atom stereocenters. The molecular weight excluding hydrogens is 295 g/mol. The van der Waals surface area contributed by atoms with Crippen molar-refractivity contribution in [2.24, 2.45) is 11.7 Å². The number of esters is 1. The molecule has 1 rings (SSSR count). The Morgan fingerprint density at radius 3 is 2.30 bits per heavy atom. The molecule has 0 amide bonds. The molecule has 114 valence electrons. The number of carbonyl (C=O) groups excluding carboxylic acids is 1. The summed E-state index contributed by atoms with van der Waals surface area (Å²) in [5, 5.41) is 0. The SMILES string of the molecule is COC(=O)C(Cc1ccccc1)C(N)CC(F)(F)F.Cl. The van der Waals surface area contributed by atoms with Crippen LogP contribution in [0.25, 0.3) is 0 Å². The smallest absolute Gasteiger partial charge is 0.390 e. The molecule has 0 radical (unpaired) electrons. The first kappa shape index (κ1) is 18.7. The predicted octanol–water partition coefficient (Wildman–Crippen LogP) is 2.72. The fourth-order valence-corrected chi connectivity index (χ4v) is 1.84. The molecule has 0 fully saturated rings. The molecule has 0 aromatic heterocycles. The van der Waals surface area contributed by atoms with Crippen LogP contribution < -0.4 is 5.73 Å². The largest absolute Gasteiger partial charge is 0.469 e. The van der Waals surface area contributed by atoms with Crippen molar-refractivity contribution in [1.29, 1.82) is 0 Å². The zero-order chi connectivity index (χ0) is 14.5. The lowest BCUT2D eigenvalue weighted by atomic mass is 9.90. The van der Waals surface area contributed by atoms with Crippen molar-refractivity contribution in [3.8, 4) is 0 Å². The van der Waals surface area contributed by atoms with Gasteiger partial charge < -0.3 is 10.5 Å². The van der Waals surface area contributed by atoms with Crippen LogP contribution >= 0.6 is 12.4 Å². The summed E-state index contributed by atoms with van der Waals surface area (Å²) >= 11 is 0. The van der Waals surface area contributed by atoms with Crippen LogP contribution in [-0.4, -0.2) is 25.3 Å². The molecule has 7 heteroatoms. The number of hydrogen-bond donors (Lipinski definition) is 1. The van der Waals surface area contributed by atoms with E-state index in [9.17, 15) is 18.0 Å². The highest BCUT2D eigenvalue weighted by molar-refractivity contribution is 5.85. The number of benzene rings is 1. The van der Waals surface area contributed by atoms with Crippen molar-refractivity contribution in [3.05, 3.63) is 35.9 Å². The van der Waals surface area contributed by atoms with Crippen molar-refractivity contribution < 1.29 is 22.7 Å². The van der Waals surface area contributed by atoms with Gasteiger partial charge in [0, 0.05) is 6.04 Å². The zero-order valence-corrected chi connectivity index (χ0v) is 11.7. The van der Waals surface area contributed by atoms with Gasteiger partial charge in [-0.05, 0) is 12.0 Å². The summed E-state index contributed by atoms with van der Waals surface area (Å²) in [5.74, 6) is -1.73. The van der Waals surface area contributed by atoms with E-state index in [1.165, 1.54) is 0 Å². The molecule has 1 aromatic carbocycles. The maximum Gasteiger partial charge on any atom is 0.390 e. The van der Waals surface area contributed by atoms with Gasteiger partial charge in [0.2, 0.25) is 0 Å². The van der Waals surface area contributed by atoms with Crippen LogP contribution in [0.1, 0.15) is 12.0 Å². The first-order chi connectivity index (χ1) is 8.83. The van der Waals surface area contributed by atoms with Crippen LogP contribution in [0.3, 0.4) is 0 Å². The van der Waals surface area contributed by atoms with Crippen LogP contribution in [-0.2, 0) is 16.0 Å². The summed E-state index contributed by atoms with van der Waals surface area (Å²) in [6.45, 7) is 0. The van der Waals surface area contributed by atoms with Gasteiger partial charge >= 0.3 is 12.1 Å². The molecule has 20 heavy (non-hydrogen) atoms. The number of methoxy groups -OCH3 is 1. The molecule has 0 spiro atoms. The number of ether oxygens (including phenoxy) is 1. The molecular formula is C13H17ClF3NO2. The Labute approximate surface area is 121 Å². The molecule has 0 heterocycles. The van der Waals surface area contributed by atoms with Crippen LogP contribution in [0.5, 0.6) is 0 Å². The van der Waals surface area contributed by atoms with E-state index >= 15 is 0 Å². The molecule has 0 saturated carbocycles. The first-order valence-electron chi connectivity index (χ1n) is 5.77. The minimum absolute atomic E-state index is 0. The number of alkyl halides is 3. The minimum Gasteiger partial charge on any atom is -0.469 e. The molecule has 1 aromatic rings. The van der Waals surface area contributed by atoms with Crippen molar-refractivity contribution >= 4 is 18.4 Å². The van der Waals surface area contributed by atoms with Crippen LogP contribution in [0.2, 0.25) is 0 Å². The zero-order valence-electron chi connectivity index (χ0n) is 10.9. The maximum absolute atomic E-state index is 12.3. The Morgan fingerprint density at radius 2 is 1.85 bits per heavy atom. The van der Waals surface area contributed by atoms with E-state index in [0.717, 1.165) is 12.7 Å². The molecule has 0 bridgehead atoms. The monoisotopic (exact) mass is 311 g/mol. The summed E-state index contributed by atoms with van der Waals surface area (Å²) in [6, 6.07) is 7.43. The Hall–Kier alpha value is -1.27. The van der Waals surface area contributed by atoms with Gasteiger partial charge in [-0.2, -0.15) is 13.2 Å². The topological polar surface area (TPSA) is 52.3 Å². The molecule has 2 atom stereocenters. The number of carbonyl (C=O) groups is 1. The van der Waals surface area contributed by atoms with Crippen molar-refractivity contribution in [2.45, 2.75) is 25.1 Å². The van der Waals surface area contributed by atoms with Crippen molar-refractivity contribution in [3.63, 3.8) is 0 Å². The number of rotatable bonds is 5. The lowest BCUT2D eigenvalue weighted by molar-refractivity contribution is -0.153. The van der Waals surface area contributed by atoms with Crippen LogP contribution in [0.4, 0.5) is 13.2 Å². The normalized spacial score (nSPS) is 14.1. The van der Waals surface area contributed by atoms with Gasteiger partial charge in [-0.1, -0.05) is 30.3 Å². The lowest BCUT2D eigenvalue weighted by Crippen LogP contribution is -2.40. The van der Waals surface area contributed by atoms with Gasteiger partial charge in [0.05, 0.1) is 19.4 Å². The standard InChI is InChI=1S/C13H16F3NO2.ClH/c1-19-12(18)10(11(17)8-13(14,15)16)7-9-5-3-2-4-6-9;/h2-6,10-11H,7-8,17H2,1H3;1H. The lowest BCUT2D eigenvalue weighted by Gasteiger charge is -2.22. The van der Waals surface area contributed by atoms with Gasteiger partial charge in [0.15, 0.2) is 0 Å². The Bertz CT molecular complexity index is 412. The Kier molecular flexibility index (Phi) is 7.60. The Balaban J connectivity index is 0.00000361. The molecule has 0 aliphatic rings. The van der Waals surface area contributed by atoms with E-state index in [2.05, 4.69) is 4.74 Å². The third-order valence-electron chi connectivity index (χ3n) is 2.79. The quantitative estimate of drug-likeness (QED) is 0.851. The Morgan fingerprint density at radius 1 is 1.30 bits per heavy atom. The molecule has 0 saturated heterocycles. The fourth-order valence-electron chi connectivity index (χ4n) is 1.84. The molecule has 0 aliphatic carbocycles. The summed E-state index contributed by atoms with van der Waals surface area (Å²) in [6.07, 6.45) is -5.48. The third kappa shape index (κ3) is 6.25. The minimum atomic E-state index is -4.40. The molecule has 3 nitrogen and oxygen atoms in total. The highest BCUT2D eigenvalue weighted by atomic mass is 35.5.